The van der Waals surface area contributed by atoms with Crippen molar-refractivity contribution in [1.82, 2.24) is 10.2 Å². The molecule has 2 heterocycles. The molecule has 0 spiro atoms. The topological polar surface area (TPSA) is 63.2 Å². The maximum atomic E-state index is 12.0. The van der Waals surface area contributed by atoms with Crippen LogP contribution in [0.2, 0.25) is 0 Å². The standard InChI is InChI=1S/C13H23N3O3/c1-13(2,3)19-12(17)16-6-5-14-11(8-16)15-10-4-7-18-9-10/h10H,4-9H2,1-3H3,(H,14,15). The Morgan fingerprint density at radius 1 is 1.53 bits per heavy atom. The normalized spacial score (nSPS) is 24.1. The summed E-state index contributed by atoms with van der Waals surface area (Å²) in [6.07, 6.45) is 0.718. The van der Waals surface area contributed by atoms with E-state index < -0.39 is 5.60 Å². The van der Waals surface area contributed by atoms with Crippen molar-refractivity contribution in [3.8, 4) is 0 Å². The second kappa shape index (κ2) is 5.77. The van der Waals surface area contributed by atoms with Gasteiger partial charge in [0.05, 0.1) is 25.7 Å². The first-order valence-electron chi connectivity index (χ1n) is 6.79. The number of aliphatic imine (C=N–C) groups is 1. The zero-order chi connectivity index (χ0) is 13.9. The van der Waals surface area contributed by atoms with Crippen LogP contribution in [0.1, 0.15) is 27.2 Å². The first-order valence-corrected chi connectivity index (χ1v) is 6.79. The van der Waals surface area contributed by atoms with Crippen molar-refractivity contribution >= 4 is 11.9 Å². The molecule has 108 valence electrons. The van der Waals surface area contributed by atoms with Crippen molar-refractivity contribution in [1.29, 1.82) is 0 Å². The zero-order valence-electron chi connectivity index (χ0n) is 11.9. The molecule has 0 saturated carbocycles. The van der Waals surface area contributed by atoms with Gasteiger partial charge in [-0.1, -0.05) is 0 Å². The fourth-order valence-corrected chi connectivity index (χ4v) is 2.07. The molecule has 1 atom stereocenters. The third kappa shape index (κ3) is 4.38. The minimum absolute atomic E-state index is 0.274. The molecule has 0 radical (unpaired) electrons. The lowest BCUT2D eigenvalue weighted by Gasteiger charge is -2.30. The predicted octanol–water partition coefficient (Wildman–Crippen LogP) is 1.01. The molecule has 1 amide bonds. The van der Waals surface area contributed by atoms with Gasteiger partial charge in [-0.25, -0.2) is 4.79 Å². The highest BCUT2D eigenvalue weighted by Gasteiger charge is 2.26. The fraction of sp³-hybridized carbons (Fsp3) is 0.846. The first-order chi connectivity index (χ1) is 8.94. The lowest BCUT2D eigenvalue weighted by molar-refractivity contribution is 0.0276. The molecule has 0 bridgehead atoms. The number of nitrogens with one attached hydrogen (secondary N) is 1. The van der Waals surface area contributed by atoms with E-state index in [0.717, 1.165) is 18.9 Å². The summed E-state index contributed by atoms with van der Waals surface area (Å²) in [6, 6.07) is 0.317. The molecule has 1 fully saturated rings. The van der Waals surface area contributed by atoms with Crippen LogP contribution >= 0.6 is 0 Å². The highest BCUT2D eigenvalue weighted by Crippen LogP contribution is 2.11. The first kappa shape index (κ1) is 14.1. The van der Waals surface area contributed by atoms with E-state index in [1.54, 1.807) is 4.90 Å². The summed E-state index contributed by atoms with van der Waals surface area (Å²) in [6.45, 7) is 8.85. The summed E-state index contributed by atoms with van der Waals surface area (Å²) in [4.78, 5) is 18.1. The number of nitrogens with zero attached hydrogens (tertiary/aromatic N) is 2. The van der Waals surface area contributed by atoms with Crippen LogP contribution in [0, 0.1) is 0 Å². The average Bonchev–Trinajstić information content (AvgIpc) is 2.80. The summed E-state index contributed by atoms with van der Waals surface area (Å²) < 4.78 is 10.7. The van der Waals surface area contributed by atoms with E-state index in [4.69, 9.17) is 9.47 Å². The van der Waals surface area contributed by atoms with Gasteiger partial charge in [0.1, 0.15) is 11.4 Å². The summed E-state index contributed by atoms with van der Waals surface area (Å²) in [7, 11) is 0. The number of hydrogen-bond donors (Lipinski definition) is 1. The molecule has 2 aliphatic rings. The Bertz CT molecular complexity index is 357. The number of hydrogen-bond acceptors (Lipinski definition) is 5. The van der Waals surface area contributed by atoms with Crippen molar-refractivity contribution < 1.29 is 14.3 Å². The SMILES string of the molecule is CC(C)(C)OC(=O)N1CCN=C(NC2CCOC2)C1. The Morgan fingerprint density at radius 2 is 2.32 bits per heavy atom. The molecule has 1 unspecified atom stereocenters. The number of ether oxygens (including phenoxy) is 2. The third-order valence-corrected chi connectivity index (χ3v) is 2.97. The molecule has 0 aromatic rings. The highest BCUT2D eigenvalue weighted by molar-refractivity contribution is 5.88. The van der Waals surface area contributed by atoms with Crippen molar-refractivity contribution in [2.24, 2.45) is 4.99 Å². The molecule has 6 heteroatoms. The van der Waals surface area contributed by atoms with Gasteiger partial charge in [-0.3, -0.25) is 9.89 Å². The second-order valence-corrected chi connectivity index (χ2v) is 5.94. The summed E-state index contributed by atoms with van der Waals surface area (Å²) in [5, 5.41) is 3.34. The molecule has 0 aromatic heterocycles. The summed E-state index contributed by atoms with van der Waals surface area (Å²) in [5.74, 6) is 0.854. The van der Waals surface area contributed by atoms with Gasteiger partial charge in [-0.05, 0) is 27.2 Å². The van der Waals surface area contributed by atoms with Crippen molar-refractivity contribution in [3.63, 3.8) is 0 Å². The smallest absolute Gasteiger partial charge is 0.410 e. The van der Waals surface area contributed by atoms with Gasteiger partial charge >= 0.3 is 6.09 Å². The van der Waals surface area contributed by atoms with Gasteiger partial charge in [0.15, 0.2) is 0 Å². The summed E-state index contributed by atoms with van der Waals surface area (Å²) >= 11 is 0. The van der Waals surface area contributed by atoms with Crippen LogP contribution in [0.15, 0.2) is 4.99 Å². The quantitative estimate of drug-likeness (QED) is 0.772. The zero-order valence-corrected chi connectivity index (χ0v) is 11.9. The number of amidine groups is 1. The lowest BCUT2D eigenvalue weighted by Crippen LogP contribution is -2.49. The van der Waals surface area contributed by atoms with E-state index in [1.165, 1.54) is 0 Å². The Morgan fingerprint density at radius 3 is 2.95 bits per heavy atom. The minimum atomic E-state index is -0.460. The summed E-state index contributed by atoms with van der Waals surface area (Å²) in [5.41, 5.74) is -0.460. The molecule has 1 saturated heterocycles. The van der Waals surface area contributed by atoms with Crippen molar-refractivity contribution in [2.75, 3.05) is 32.8 Å². The molecular formula is C13H23N3O3. The van der Waals surface area contributed by atoms with Crippen LogP contribution in [0.25, 0.3) is 0 Å². The number of rotatable bonds is 1. The molecule has 2 aliphatic heterocycles. The van der Waals surface area contributed by atoms with Gasteiger partial charge in [0.2, 0.25) is 0 Å². The van der Waals surface area contributed by atoms with E-state index in [-0.39, 0.29) is 6.09 Å². The monoisotopic (exact) mass is 269 g/mol. The van der Waals surface area contributed by atoms with E-state index >= 15 is 0 Å². The number of carbonyl (C=O) groups excluding carboxylic acids is 1. The van der Waals surface area contributed by atoms with Crippen LogP contribution in [-0.4, -0.2) is 61.3 Å². The van der Waals surface area contributed by atoms with Crippen LogP contribution in [0.3, 0.4) is 0 Å². The van der Waals surface area contributed by atoms with Gasteiger partial charge < -0.3 is 14.8 Å². The fourth-order valence-electron chi connectivity index (χ4n) is 2.07. The Hall–Kier alpha value is -1.30. The van der Waals surface area contributed by atoms with Crippen LogP contribution in [0.4, 0.5) is 4.79 Å². The van der Waals surface area contributed by atoms with Gasteiger partial charge in [-0.15, -0.1) is 0 Å². The largest absolute Gasteiger partial charge is 0.444 e. The van der Waals surface area contributed by atoms with E-state index in [1.807, 2.05) is 20.8 Å². The van der Waals surface area contributed by atoms with Gasteiger partial charge in [-0.2, -0.15) is 0 Å². The lowest BCUT2D eigenvalue weighted by atomic mass is 10.2. The molecule has 1 N–H and O–H groups in total. The molecule has 2 rings (SSSR count). The Kier molecular flexibility index (Phi) is 4.29. The van der Waals surface area contributed by atoms with E-state index in [0.29, 0.717) is 32.3 Å². The second-order valence-electron chi connectivity index (χ2n) is 5.94. The maximum absolute atomic E-state index is 12.0. The van der Waals surface area contributed by atoms with Crippen LogP contribution in [-0.2, 0) is 9.47 Å². The third-order valence-electron chi connectivity index (χ3n) is 2.97. The highest BCUT2D eigenvalue weighted by atomic mass is 16.6. The molecule has 0 aliphatic carbocycles. The van der Waals surface area contributed by atoms with Crippen LogP contribution in [0.5, 0.6) is 0 Å². The maximum Gasteiger partial charge on any atom is 0.410 e. The van der Waals surface area contributed by atoms with E-state index in [2.05, 4.69) is 10.3 Å². The number of amides is 1. The van der Waals surface area contributed by atoms with Gasteiger partial charge in [0.25, 0.3) is 0 Å². The molecule has 0 aromatic carbocycles. The number of carbonyl (C=O) groups is 1. The molecule has 19 heavy (non-hydrogen) atoms. The predicted molar refractivity (Wildman–Crippen MR) is 72.5 cm³/mol. The van der Waals surface area contributed by atoms with Crippen molar-refractivity contribution in [2.45, 2.75) is 38.8 Å². The van der Waals surface area contributed by atoms with E-state index in [9.17, 15) is 4.79 Å². The van der Waals surface area contributed by atoms with Crippen LogP contribution < -0.4 is 5.32 Å². The van der Waals surface area contributed by atoms with Crippen molar-refractivity contribution in [3.05, 3.63) is 0 Å². The average molecular weight is 269 g/mol. The van der Waals surface area contributed by atoms with Gasteiger partial charge in [0, 0.05) is 13.2 Å². The Balaban J connectivity index is 1.85. The molecule has 6 nitrogen and oxygen atoms in total. The molecular weight excluding hydrogens is 246 g/mol. The Labute approximate surface area is 114 Å². The minimum Gasteiger partial charge on any atom is -0.444 e.